The Morgan fingerprint density at radius 3 is 2.79 bits per heavy atom. The molecule has 2 heterocycles. The second-order valence-electron chi connectivity index (χ2n) is 7.06. The highest BCUT2D eigenvalue weighted by atomic mass is 19.2. The van der Waals surface area contributed by atoms with Crippen LogP contribution in [0.5, 0.6) is 0 Å². The molecule has 2 aliphatic heterocycles. The average Bonchev–Trinajstić information content (AvgIpc) is 2.95. The zero-order valence-corrected chi connectivity index (χ0v) is 14.1. The molecular formula is C18H24F2N2O2. The van der Waals surface area contributed by atoms with E-state index in [1.165, 1.54) is 19.2 Å². The quantitative estimate of drug-likeness (QED) is 0.845. The minimum absolute atomic E-state index is 0.0482. The van der Waals surface area contributed by atoms with Crippen LogP contribution in [0.2, 0.25) is 0 Å². The maximum Gasteiger partial charge on any atom is 0.248 e. The third-order valence-corrected chi connectivity index (χ3v) is 5.19. The van der Waals surface area contributed by atoms with E-state index in [9.17, 15) is 13.6 Å². The van der Waals surface area contributed by atoms with Gasteiger partial charge in [-0.15, -0.1) is 0 Å². The SMILES string of the molecule is COCC(=O)N1CC[C@]2(CCCN(Cc3ccc(F)c(F)c3)C2)C1. The Labute approximate surface area is 141 Å². The fourth-order valence-corrected chi connectivity index (χ4v) is 4.04. The van der Waals surface area contributed by atoms with Gasteiger partial charge in [-0.1, -0.05) is 6.07 Å². The Morgan fingerprint density at radius 1 is 1.21 bits per heavy atom. The van der Waals surface area contributed by atoms with E-state index in [2.05, 4.69) is 4.90 Å². The van der Waals surface area contributed by atoms with Crippen LogP contribution in [0.4, 0.5) is 8.78 Å². The van der Waals surface area contributed by atoms with Gasteiger partial charge in [0.1, 0.15) is 6.61 Å². The molecule has 132 valence electrons. The maximum absolute atomic E-state index is 13.4. The van der Waals surface area contributed by atoms with Crippen molar-refractivity contribution in [1.82, 2.24) is 9.80 Å². The molecule has 2 fully saturated rings. The largest absolute Gasteiger partial charge is 0.375 e. The third-order valence-electron chi connectivity index (χ3n) is 5.19. The molecule has 24 heavy (non-hydrogen) atoms. The molecule has 6 heteroatoms. The van der Waals surface area contributed by atoms with Gasteiger partial charge < -0.3 is 9.64 Å². The van der Waals surface area contributed by atoms with Crippen molar-refractivity contribution in [3.63, 3.8) is 0 Å². The van der Waals surface area contributed by atoms with E-state index in [1.54, 1.807) is 6.07 Å². The lowest BCUT2D eigenvalue weighted by atomic mass is 9.79. The molecule has 0 aromatic heterocycles. The molecule has 2 saturated heterocycles. The van der Waals surface area contributed by atoms with E-state index in [1.807, 2.05) is 4.90 Å². The summed E-state index contributed by atoms with van der Waals surface area (Å²) in [5.74, 6) is -1.56. The first kappa shape index (κ1) is 17.3. The number of likely N-dealkylation sites (tertiary alicyclic amines) is 2. The van der Waals surface area contributed by atoms with Crippen LogP contribution in [0, 0.1) is 17.0 Å². The van der Waals surface area contributed by atoms with Gasteiger partial charge in [0.15, 0.2) is 11.6 Å². The molecule has 3 rings (SSSR count). The highest BCUT2D eigenvalue weighted by Gasteiger charge is 2.42. The highest BCUT2D eigenvalue weighted by molar-refractivity contribution is 5.77. The first-order chi connectivity index (χ1) is 11.5. The minimum Gasteiger partial charge on any atom is -0.375 e. The molecule has 1 aromatic rings. The highest BCUT2D eigenvalue weighted by Crippen LogP contribution is 2.39. The zero-order valence-electron chi connectivity index (χ0n) is 14.1. The number of carbonyl (C=O) groups is 1. The molecule has 0 saturated carbocycles. The standard InChI is InChI=1S/C18H24F2N2O2/c1-24-11-17(23)22-8-6-18(13-22)5-2-7-21(12-18)10-14-3-4-15(19)16(20)9-14/h3-4,9H,2,5-8,10-13H2,1H3/t18-/m0/s1. The number of ether oxygens (including phenoxy) is 1. The molecule has 1 atom stereocenters. The average molecular weight is 338 g/mol. The Morgan fingerprint density at radius 2 is 2.04 bits per heavy atom. The molecule has 1 spiro atoms. The number of rotatable bonds is 4. The van der Waals surface area contributed by atoms with Crippen molar-refractivity contribution in [3.8, 4) is 0 Å². The molecule has 2 aliphatic rings. The van der Waals surface area contributed by atoms with E-state index < -0.39 is 11.6 Å². The number of benzene rings is 1. The van der Waals surface area contributed by atoms with Crippen molar-refractivity contribution < 1.29 is 18.3 Å². The molecular weight excluding hydrogens is 314 g/mol. The Hall–Kier alpha value is -1.53. The number of methoxy groups -OCH3 is 1. The molecule has 0 N–H and O–H groups in total. The lowest BCUT2D eigenvalue weighted by Crippen LogP contribution is -2.45. The summed E-state index contributed by atoms with van der Waals surface area (Å²) in [6.07, 6.45) is 3.17. The van der Waals surface area contributed by atoms with Gasteiger partial charge in [0.05, 0.1) is 0 Å². The van der Waals surface area contributed by atoms with Crippen LogP contribution in [0.1, 0.15) is 24.8 Å². The Kier molecular flexibility index (Phi) is 5.15. The van der Waals surface area contributed by atoms with Crippen molar-refractivity contribution in [1.29, 1.82) is 0 Å². The zero-order chi connectivity index (χ0) is 17.2. The summed E-state index contributed by atoms with van der Waals surface area (Å²) in [4.78, 5) is 16.2. The summed E-state index contributed by atoms with van der Waals surface area (Å²) in [6, 6.07) is 4.10. The maximum atomic E-state index is 13.4. The van der Waals surface area contributed by atoms with Gasteiger partial charge in [-0.05, 0) is 43.5 Å². The van der Waals surface area contributed by atoms with Crippen LogP contribution in [0.3, 0.4) is 0 Å². The van der Waals surface area contributed by atoms with Crippen molar-refractivity contribution in [3.05, 3.63) is 35.4 Å². The molecule has 0 aliphatic carbocycles. The van der Waals surface area contributed by atoms with Gasteiger partial charge in [0.25, 0.3) is 0 Å². The second-order valence-corrected chi connectivity index (χ2v) is 7.06. The molecule has 4 nitrogen and oxygen atoms in total. The van der Waals surface area contributed by atoms with Gasteiger partial charge in [0, 0.05) is 38.7 Å². The predicted molar refractivity (Wildman–Crippen MR) is 86.4 cm³/mol. The summed E-state index contributed by atoms with van der Waals surface area (Å²) in [6.45, 7) is 4.14. The van der Waals surface area contributed by atoms with Crippen molar-refractivity contribution in [2.75, 3.05) is 39.9 Å². The topological polar surface area (TPSA) is 32.8 Å². The fourth-order valence-electron chi connectivity index (χ4n) is 4.04. The van der Waals surface area contributed by atoms with Crippen molar-refractivity contribution in [2.24, 2.45) is 5.41 Å². The second kappa shape index (κ2) is 7.15. The van der Waals surface area contributed by atoms with Gasteiger partial charge in [-0.25, -0.2) is 8.78 Å². The van der Waals surface area contributed by atoms with E-state index in [0.29, 0.717) is 6.54 Å². The smallest absolute Gasteiger partial charge is 0.248 e. The van der Waals surface area contributed by atoms with E-state index >= 15 is 0 Å². The lowest BCUT2D eigenvalue weighted by molar-refractivity contribution is -0.134. The molecule has 0 radical (unpaired) electrons. The number of piperidine rings is 1. The number of carbonyl (C=O) groups excluding carboxylic acids is 1. The molecule has 0 bridgehead atoms. The monoisotopic (exact) mass is 338 g/mol. The number of hydrogen-bond acceptors (Lipinski definition) is 3. The van der Waals surface area contributed by atoms with Crippen LogP contribution in [-0.2, 0) is 16.1 Å². The Balaban J connectivity index is 1.62. The number of amides is 1. The number of halogens is 2. The summed E-state index contributed by atoms with van der Waals surface area (Å²) in [5.41, 5.74) is 0.913. The van der Waals surface area contributed by atoms with Gasteiger partial charge in [-0.3, -0.25) is 9.69 Å². The number of hydrogen-bond donors (Lipinski definition) is 0. The van der Waals surface area contributed by atoms with E-state index in [4.69, 9.17) is 4.74 Å². The van der Waals surface area contributed by atoms with Crippen molar-refractivity contribution >= 4 is 5.91 Å². The third kappa shape index (κ3) is 3.75. The molecule has 1 aromatic carbocycles. The summed E-state index contributed by atoms with van der Waals surface area (Å²) >= 11 is 0. The molecule has 1 amide bonds. The first-order valence-corrected chi connectivity index (χ1v) is 8.44. The van der Waals surface area contributed by atoms with E-state index in [-0.39, 0.29) is 17.9 Å². The van der Waals surface area contributed by atoms with Crippen molar-refractivity contribution in [2.45, 2.75) is 25.8 Å². The van der Waals surface area contributed by atoms with Gasteiger partial charge in [0.2, 0.25) is 5.91 Å². The van der Waals surface area contributed by atoms with Gasteiger partial charge in [-0.2, -0.15) is 0 Å². The minimum atomic E-state index is -0.808. The van der Waals surface area contributed by atoms with Crippen LogP contribution >= 0.6 is 0 Å². The van der Waals surface area contributed by atoms with Crippen LogP contribution in [0.15, 0.2) is 18.2 Å². The Bertz CT molecular complexity index is 611. The molecule has 0 unspecified atom stereocenters. The van der Waals surface area contributed by atoms with Crippen LogP contribution in [-0.4, -0.2) is 55.6 Å². The van der Waals surface area contributed by atoms with Gasteiger partial charge >= 0.3 is 0 Å². The lowest BCUT2D eigenvalue weighted by Gasteiger charge is -2.40. The summed E-state index contributed by atoms with van der Waals surface area (Å²) in [7, 11) is 1.54. The normalized spacial score (nSPS) is 24.7. The van der Waals surface area contributed by atoms with Crippen LogP contribution < -0.4 is 0 Å². The predicted octanol–water partition coefficient (Wildman–Crippen LogP) is 2.43. The summed E-state index contributed by atoms with van der Waals surface area (Å²) < 4.78 is 31.4. The van der Waals surface area contributed by atoms with E-state index in [0.717, 1.165) is 51.0 Å². The fraction of sp³-hybridized carbons (Fsp3) is 0.611. The number of nitrogens with zero attached hydrogens (tertiary/aromatic N) is 2. The summed E-state index contributed by atoms with van der Waals surface area (Å²) in [5, 5.41) is 0. The first-order valence-electron chi connectivity index (χ1n) is 8.44. The van der Waals surface area contributed by atoms with Crippen LogP contribution in [0.25, 0.3) is 0 Å².